The molecule has 0 aromatic heterocycles. The van der Waals surface area contributed by atoms with Crippen LogP contribution in [0.25, 0.3) is 0 Å². The summed E-state index contributed by atoms with van der Waals surface area (Å²) in [6.45, 7) is 4.17. The van der Waals surface area contributed by atoms with Crippen molar-refractivity contribution in [1.82, 2.24) is 0 Å². The lowest BCUT2D eigenvalue weighted by Crippen LogP contribution is -2.19. The van der Waals surface area contributed by atoms with E-state index in [0.29, 0.717) is 36.4 Å². The van der Waals surface area contributed by atoms with E-state index < -0.39 is 67.1 Å². The second-order valence-electron chi connectivity index (χ2n) is 8.67. The molecule has 0 aliphatic carbocycles. The van der Waals surface area contributed by atoms with E-state index in [1.165, 1.54) is 6.92 Å². The number of allylic oxidation sites excluding steroid dienone is 3. The molecule has 0 saturated carbocycles. The number of hydrogen-bond acceptors (Lipinski definition) is 3. The summed E-state index contributed by atoms with van der Waals surface area (Å²) in [6, 6.07) is 5.92. The van der Waals surface area contributed by atoms with Crippen LogP contribution in [0.2, 0.25) is 0 Å². The van der Waals surface area contributed by atoms with Gasteiger partial charge in [0.25, 0.3) is 21.9 Å². The van der Waals surface area contributed by atoms with Crippen LogP contribution in [-0.2, 0) is 34.2 Å². The van der Waals surface area contributed by atoms with Crippen molar-refractivity contribution in [3.05, 3.63) is 108 Å². The number of halogens is 10. The lowest BCUT2D eigenvalue weighted by atomic mass is 10.0. The summed E-state index contributed by atoms with van der Waals surface area (Å²) in [5.74, 6) is -8.81. The SMILES string of the molecule is C=CC(F)(F)c1cc(C(F)(F)/C=C/C)cc(S(=O)(=O)Nc2ccc(Oc3cc(C(F)(F)F)cc(C(F)(F)F)c3)cc2)c1. The molecule has 0 aliphatic heterocycles. The van der Waals surface area contributed by atoms with Gasteiger partial charge in [-0.3, -0.25) is 4.72 Å². The van der Waals surface area contributed by atoms with E-state index >= 15 is 0 Å². The monoisotopic (exact) mass is 627 g/mol. The minimum atomic E-state index is -5.12. The van der Waals surface area contributed by atoms with Crippen LogP contribution in [0.4, 0.5) is 49.6 Å². The van der Waals surface area contributed by atoms with Gasteiger partial charge in [-0.25, -0.2) is 8.42 Å². The largest absolute Gasteiger partial charge is 0.457 e. The van der Waals surface area contributed by atoms with Gasteiger partial charge >= 0.3 is 12.4 Å². The zero-order chi connectivity index (χ0) is 31.7. The molecule has 0 atom stereocenters. The average Bonchev–Trinajstić information content (AvgIpc) is 2.88. The van der Waals surface area contributed by atoms with E-state index in [2.05, 4.69) is 6.58 Å². The van der Waals surface area contributed by atoms with Gasteiger partial charge in [-0.15, -0.1) is 0 Å². The Morgan fingerprint density at radius 3 is 1.62 bits per heavy atom. The summed E-state index contributed by atoms with van der Waals surface area (Å²) in [5.41, 5.74) is -5.66. The normalized spacial score (nSPS) is 13.3. The molecule has 0 aliphatic rings. The van der Waals surface area contributed by atoms with Gasteiger partial charge in [-0.05, 0) is 79.7 Å². The molecule has 4 nitrogen and oxygen atoms in total. The number of rotatable bonds is 9. The minimum Gasteiger partial charge on any atom is -0.457 e. The van der Waals surface area contributed by atoms with Crippen molar-refractivity contribution >= 4 is 15.7 Å². The smallest absolute Gasteiger partial charge is 0.416 e. The number of hydrogen-bond donors (Lipinski definition) is 1. The van der Waals surface area contributed by atoms with Crippen molar-refractivity contribution in [2.75, 3.05) is 4.72 Å². The van der Waals surface area contributed by atoms with Crippen molar-refractivity contribution in [1.29, 1.82) is 0 Å². The molecule has 42 heavy (non-hydrogen) atoms. The van der Waals surface area contributed by atoms with Gasteiger partial charge in [0.1, 0.15) is 11.5 Å². The van der Waals surface area contributed by atoms with E-state index in [9.17, 15) is 52.3 Å². The maximum absolute atomic E-state index is 14.5. The molecule has 0 bridgehead atoms. The van der Waals surface area contributed by atoms with Crippen molar-refractivity contribution in [3.63, 3.8) is 0 Å². The molecule has 3 aromatic rings. The summed E-state index contributed by atoms with van der Waals surface area (Å²) in [5, 5.41) is 0. The highest BCUT2D eigenvalue weighted by Crippen LogP contribution is 2.40. The summed E-state index contributed by atoms with van der Waals surface area (Å²) in [4.78, 5) is -0.954. The van der Waals surface area contributed by atoms with Crippen molar-refractivity contribution in [2.24, 2.45) is 0 Å². The number of alkyl halides is 10. The second kappa shape index (κ2) is 11.3. The third-order valence-electron chi connectivity index (χ3n) is 5.52. The molecule has 0 radical (unpaired) electrons. The zero-order valence-electron chi connectivity index (χ0n) is 21.1. The number of nitrogens with one attached hydrogen (secondary N) is 1. The van der Waals surface area contributed by atoms with E-state index in [-0.39, 0.29) is 23.6 Å². The minimum absolute atomic E-state index is 0.0928. The Balaban J connectivity index is 1.94. The molecule has 0 spiro atoms. The number of sulfonamides is 1. The quantitative estimate of drug-likeness (QED) is 0.190. The fourth-order valence-electron chi connectivity index (χ4n) is 3.49. The highest BCUT2D eigenvalue weighted by Gasteiger charge is 2.38. The maximum Gasteiger partial charge on any atom is 0.416 e. The maximum atomic E-state index is 14.5. The number of ether oxygens (including phenoxy) is 1. The van der Waals surface area contributed by atoms with Gasteiger partial charge in [0.15, 0.2) is 0 Å². The zero-order valence-corrected chi connectivity index (χ0v) is 21.9. The van der Waals surface area contributed by atoms with Crippen LogP contribution in [0, 0.1) is 0 Å². The van der Waals surface area contributed by atoms with Gasteiger partial charge in [0, 0.05) is 16.8 Å². The molecule has 3 aromatic carbocycles. The predicted octanol–water partition coefficient (Wildman–Crippen LogP) is 9.26. The van der Waals surface area contributed by atoms with Crippen LogP contribution in [0.5, 0.6) is 11.5 Å². The summed E-state index contributed by atoms with van der Waals surface area (Å²) in [6.07, 6.45) is -8.78. The topological polar surface area (TPSA) is 55.4 Å². The fourth-order valence-corrected chi connectivity index (χ4v) is 4.62. The first-order valence-corrected chi connectivity index (χ1v) is 13.0. The van der Waals surface area contributed by atoms with Gasteiger partial charge in [0.05, 0.1) is 16.0 Å². The molecule has 0 fully saturated rings. The molecular weight excluding hydrogens is 608 g/mol. The highest BCUT2D eigenvalue weighted by molar-refractivity contribution is 7.92. The Labute approximate surface area is 233 Å². The van der Waals surface area contributed by atoms with Crippen LogP contribution in [-0.4, -0.2) is 8.42 Å². The van der Waals surface area contributed by atoms with E-state index in [4.69, 9.17) is 4.74 Å². The van der Waals surface area contributed by atoms with Crippen LogP contribution < -0.4 is 9.46 Å². The molecule has 0 heterocycles. The Hall–Kier alpha value is -4.01. The first-order chi connectivity index (χ1) is 19.2. The van der Waals surface area contributed by atoms with E-state index in [0.717, 1.165) is 30.3 Å². The second-order valence-corrected chi connectivity index (χ2v) is 10.4. The highest BCUT2D eigenvalue weighted by atomic mass is 32.2. The molecule has 15 heteroatoms. The Kier molecular flexibility index (Phi) is 8.78. The standard InChI is InChI=1S/C27H19F10NO3S/c1-3-9-25(30,31)17-10-16(24(28,29)4-2)14-23(15-17)42(39,40)38-20-5-7-21(8-6-20)41-22-12-18(26(32,33)34)11-19(13-22)27(35,36)37/h3-15,38H,2H2,1H3/b9-3+. The van der Waals surface area contributed by atoms with Crippen molar-refractivity contribution in [2.45, 2.75) is 36.0 Å². The van der Waals surface area contributed by atoms with Crippen LogP contribution in [0.15, 0.2) is 90.4 Å². The Morgan fingerprint density at radius 2 is 1.17 bits per heavy atom. The average molecular weight is 628 g/mol. The van der Waals surface area contributed by atoms with Gasteiger partial charge in [0.2, 0.25) is 0 Å². The third-order valence-corrected chi connectivity index (χ3v) is 6.88. The summed E-state index contributed by atoms with van der Waals surface area (Å²) < 4.78 is 169. The van der Waals surface area contributed by atoms with Crippen LogP contribution in [0.1, 0.15) is 29.2 Å². The van der Waals surface area contributed by atoms with E-state index in [1.54, 1.807) is 0 Å². The molecule has 0 saturated heterocycles. The summed E-state index contributed by atoms with van der Waals surface area (Å²) in [7, 11) is -4.78. The molecular formula is C27H19F10NO3S. The molecule has 3 rings (SSSR count). The van der Waals surface area contributed by atoms with Gasteiger partial charge in [-0.2, -0.15) is 43.9 Å². The van der Waals surface area contributed by atoms with E-state index in [1.807, 2.05) is 4.72 Å². The lowest BCUT2D eigenvalue weighted by molar-refractivity contribution is -0.143. The van der Waals surface area contributed by atoms with Crippen molar-refractivity contribution in [3.8, 4) is 11.5 Å². The molecule has 0 amide bonds. The lowest BCUT2D eigenvalue weighted by Gasteiger charge is -2.19. The van der Waals surface area contributed by atoms with Gasteiger partial charge in [-0.1, -0.05) is 12.7 Å². The van der Waals surface area contributed by atoms with Gasteiger partial charge < -0.3 is 4.74 Å². The number of benzene rings is 3. The summed E-state index contributed by atoms with van der Waals surface area (Å²) >= 11 is 0. The van der Waals surface area contributed by atoms with Crippen molar-refractivity contribution < 1.29 is 57.1 Å². The fraction of sp³-hybridized carbons (Fsp3) is 0.185. The first kappa shape index (κ1) is 32.5. The third kappa shape index (κ3) is 7.63. The first-order valence-electron chi connectivity index (χ1n) is 11.5. The molecule has 1 N–H and O–H groups in total. The molecule has 226 valence electrons. The predicted molar refractivity (Wildman–Crippen MR) is 133 cm³/mol. The Bertz CT molecular complexity index is 1560. The molecule has 0 unspecified atom stereocenters. The Morgan fingerprint density at radius 1 is 0.690 bits per heavy atom. The van der Waals surface area contributed by atoms with Crippen LogP contribution in [0.3, 0.4) is 0 Å². The van der Waals surface area contributed by atoms with Crippen LogP contribution >= 0.6 is 0 Å². The number of anilines is 1.